The summed E-state index contributed by atoms with van der Waals surface area (Å²) in [6.45, 7) is 1.97. The van der Waals surface area contributed by atoms with Gasteiger partial charge >= 0.3 is 5.97 Å². The van der Waals surface area contributed by atoms with Crippen LogP contribution in [-0.2, 0) is 9.53 Å². The summed E-state index contributed by atoms with van der Waals surface area (Å²) in [5.74, 6) is -0.549. The summed E-state index contributed by atoms with van der Waals surface area (Å²) in [7, 11) is 0. The molecule has 142 valence electrons. The van der Waals surface area contributed by atoms with E-state index in [1.54, 1.807) is 6.92 Å². The van der Waals surface area contributed by atoms with Gasteiger partial charge in [0.1, 0.15) is 6.07 Å². The van der Waals surface area contributed by atoms with Crippen LogP contribution in [0.4, 0.5) is 0 Å². The first-order valence-electron chi connectivity index (χ1n) is 9.56. The van der Waals surface area contributed by atoms with Crippen molar-refractivity contribution >= 4 is 16.9 Å². The molecular formula is C25H20N2O2. The number of rotatable bonds is 5. The molecule has 0 spiro atoms. The third kappa shape index (κ3) is 3.28. The summed E-state index contributed by atoms with van der Waals surface area (Å²) in [6.07, 6.45) is 0. The highest BCUT2D eigenvalue weighted by Crippen LogP contribution is 2.42. The molecule has 0 radical (unpaired) electrons. The van der Waals surface area contributed by atoms with Crippen molar-refractivity contribution in [2.24, 2.45) is 0 Å². The molecule has 1 heterocycles. The van der Waals surface area contributed by atoms with E-state index in [4.69, 9.17) is 4.74 Å². The highest BCUT2D eigenvalue weighted by molar-refractivity contribution is 6.05. The molecule has 4 aromatic rings. The summed E-state index contributed by atoms with van der Waals surface area (Å²) in [6, 6.07) is 28.8. The smallest absolute Gasteiger partial charge is 0.344 e. The molecule has 1 unspecified atom stereocenters. The number of fused-ring (bicyclic) bond motifs is 1. The Balaban J connectivity index is 2.13. The maximum Gasteiger partial charge on any atom is 0.344 e. The van der Waals surface area contributed by atoms with Gasteiger partial charge in [0.25, 0.3) is 0 Å². The molecule has 29 heavy (non-hydrogen) atoms. The Hall–Kier alpha value is -3.84. The third-order valence-electron chi connectivity index (χ3n) is 4.91. The topological polar surface area (TPSA) is 55.0 Å². The number of hydrogen-bond acceptors (Lipinski definition) is 3. The molecule has 0 amide bonds. The van der Waals surface area contributed by atoms with Gasteiger partial charge in [-0.3, -0.25) is 0 Å². The van der Waals surface area contributed by atoms with Gasteiger partial charge in [-0.1, -0.05) is 78.9 Å². The minimum Gasteiger partial charge on any atom is -0.464 e. The number of benzene rings is 3. The van der Waals surface area contributed by atoms with Gasteiger partial charge < -0.3 is 9.30 Å². The van der Waals surface area contributed by atoms with Crippen molar-refractivity contribution < 1.29 is 9.53 Å². The molecule has 4 rings (SSSR count). The zero-order chi connectivity index (χ0) is 20.2. The SMILES string of the molecule is CCOC(=O)C(C#N)n1c(-c2ccccc2)c(-c2ccccc2)c2ccccc21. The molecule has 0 saturated heterocycles. The monoisotopic (exact) mass is 380 g/mol. The third-order valence-corrected chi connectivity index (χ3v) is 4.91. The lowest BCUT2D eigenvalue weighted by Crippen LogP contribution is -2.21. The molecule has 0 aliphatic heterocycles. The lowest BCUT2D eigenvalue weighted by Gasteiger charge is -2.17. The van der Waals surface area contributed by atoms with E-state index < -0.39 is 12.0 Å². The Bertz CT molecular complexity index is 1190. The number of esters is 1. The average Bonchev–Trinajstić information content (AvgIpc) is 3.11. The van der Waals surface area contributed by atoms with Crippen LogP contribution in [-0.4, -0.2) is 17.1 Å². The number of hydrogen-bond donors (Lipinski definition) is 0. The number of nitriles is 1. The lowest BCUT2D eigenvalue weighted by atomic mass is 9.98. The zero-order valence-corrected chi connectivity index (χ0v) is 16.1. The summed E-state index contributed by atoms with van der Waals surface area (Å²) in [5, 5.41) is 10.9. The molecule has 3 aromatic carbocycles. The maximum absolute atomic E-state index is 12.7. The van der Waals surface area contributed by atoms with Crippen LogP contribution in [0.3, 0.4) is 0 Å². The predicted molar refractivity (Wildman–Crippen MR) is 114 cm³/mol. The standard InChI is InChI=1S/C25H20N2O2/c1-2-29-25(28)22(17-26)27-21-16-10-9-15-20(21)23(18-11-5-3-6-12-18)24(27)19-13-7-4-8-14-19/h3-16,22H,2H2,1H3. The van der Waals surface area contributed by atoms with E-state index >= 15 is 0 Å². The van der Waals surface area contributed by atoms with E-state index in [1.807, 2.05) is 89.5 Å². The fourth-order valence-corrected chi connectivity index (χ4v) is 3.75. The van der Waals surface area contributed by atoms with Crippen LogP contribution >= 0.6 is 0 Å². The quantitative estimate of drug-likeness (QED) is 0.423. The van der Waals surface area contributed by atoms with Gasteiger partial charge in [0.2, 0.25) is 6.04 Å². The van der Waals surface area contributed by atoms with Crippen molar-refractivity contribution in [2.45, 2.75) is 13.0 Å². The Morgan fingerprint density at radius 3 is 2.14 bits per heavy atom. The second-order valence-corrected chi connectivity index (χ2v) is 6.63. The summed E-state index contributed by atoms with van der Waals surface area (Å²) in [4.78, 5) is 12.7. The molecule has 0 fully saturated rings. The molecule has 0 N–H and O–H groups in total. The highest BCUT2D eigenvalue weighted by atomic mass is 16.5. The van der Waals surface area contributed by atoms with Gasteiger partial charge in [0.15, 0.2) is 0 Å². The molecule has 4 nitrogen and oxygen atoms in total. The van der Waals surface area contributed by atoms with E-state index in [1.165, 1.54) is 0 Å². The molecule has 0 aliphatic carbocycles. The lowest BCUT2D eigenvalue weighted by molar-refractivity contribution is -0.145. The summed E-state index contributed by atoms with van der Waals surface area (Å²) < 4.78 is 7.03. The van der Waals surface area contributed by atoms with Crippen LogP contribution in [0.25, 0.3) is 33.3 Å². The van der Waals surface area contributed by atoms with Gasteiger partial charge in [-0.15, -0.1) is 0 Å². The van der Waals surface area contributed by atoms with Crippen LogP contribution < -0.4 is 0 Å². The van der Waals surface area contributed by atoms with Crippen molar-refractivity contribution in [3.8, 4) is 28.5 Å². The van der Waals surface area contributed by atoms with E-state index in [2.05, 4.69) is 6.07 Å². The number of carbonyl (C=O) groups excluding carboxylic acids is 1. The first-order chi connectivity index (χ1) is 14.3. The first kappa shape index (κ1) is 18.5. The summed E-state index contributed by atoms with van der Waals surface area (Å²) >= 11 is 0. The van der Waals surface area contributed by atoms with E-state index in [0.29, 0.717) is 0 Å². The van der Waals surface area contributed by atoms with E-state index in [0.717, 1.165) is 33.3 Å². The van der Waals surface area contributed by atoms with Crippen molar-refractivity contribution in [2.75, 3.05) is 6.61 Å². The minimum absolute atomic E-state index is 0.225. The van der Waals surface area contributed by atoms with Gasteiger partial charge in [-0.05, 0) is 24.1 Å². The van der Waals surface area contributed by atoms with Crippen molar-refractivity contribution in [1.82, 2.24) is 4.57 Å². The van der Waals surface area contributed by atoms with Crippen molar-refractivity contribution in [3.05, 3.63) is 84.9 Å². The predicted octanol–water partition coefficient (Wildman–Crippen LogP) is 5.60. The normalized spacial score (nSPS) is 11.7. The molecule has 0 bridgehead atoms. The second-order valence-electron chi connectivity index (χ2n) is 6.63. The first-order valence-corrected chi connectivity index (χ1v) is 9.56. The highest BCUT2D eigenvalue weighted by Gasteiger charge is 2.29. The number of nitrogens with zero attached hydrogens (tertiary/aromatic N) is 2. The van der Waals surface area contributed by atoms with Crippen LogP contribution in [0.1, 0.15) is 13.0 Å². The molecule has 1 atom stereocenters. The van der Waals surface area contributed by atoms with Crippen molar-refractivity contribution in [3.63, 3.8) is 0 Å². The second kappa shape index (κ2) is 8.04. The van der Waals surface area contributed by atoms with Gasteiger partial charge in [0.05, 0.1) is 17.8 Å². The Kier molecular flexibility index (Phi) is 5.13. The largest absolute Gasteiger partial charge is 0.464 e. The fraction of sp³-hybridized carbons (Fsp3) is 0.120. The number of carbonyl (C=O) groups is 1. The van der Waals surface area contributed by atoms with E-state index in [9.17, 15) is 10.1 Å². The fourth-order valence-electron chi connectivity index (χ4n) is 3.75. The van der Waals surface area contributed by atoms with E-state index in [-0.39, 0.29) is 6.61 Å². The average molecular weight is 380 g/mol. The Morgan fingerprint density at radius 1 is 0.931 bits per heavy atom. The Labute approximate surface area is 169 Å². The van der Waals surface area contributed by atoms with Crippen LogP contribution in [0.5, 0.6) is 0 Å². The minimum atomic E-state index is -1.08. The van der Waals surface area contributed by atoms with Crippen LogP contribution in [0.15, 0.2) is 84.9 Å². The number of aromatic nitrogens is 1. The van der Waals surface area contributed by atoms with Gasteiger partial charge in [-0.2, -0.15) is 5.26 Å². The summed E-state index contributed by atoms with van der Waals surface area (Å²) in [5.41, 5.74) is 4.62. The molecule has 0 saturated carbocycles. The molecule has 1 aromatic heterocycles. The molecular weight excluding hydrogens is 360 g/mol. The van der Waals surface area contributed by atoms with Crippen LogP contribution in [0.2, 0.25) is 0 Å². The van der Waals surface area contributed by atoms with Gasteiger partial charge in [0, 0.05) is 10.9 Å². The maximum atomic E-state index is 12.7. The molecule has 4 heteroatoms. The number of para-hydroxylation sites is 1. The Morgan fingerprint density at radius 2 is 1.52 bits per heavy atom. The zero-order valence-electron chi connectivity index (χ0n) is 16.1. The molecule has 0 aliphatic rings. The number of ether oxygens (including phenoxy) is 1. The van der Waals surface area contributed by atoms with Gasteiger partial charge in [-0.25, -0.2) is 4.79 Å². The van der Waals surface area contributed by atoms with Crippen molar-refractivity contribution in [1.29, 1.82) is 5.26 Å². The van der Waals surface area contributed by atoms with Crippen LogP contribution in [0, 0.1) is 11.3 Å².